The van der Waals surface area contributed by atoms with Crippen molar-refractivity contribution in [2.75, 3.05) is 19.7 Å². The molecule has 0 saturated carbocycles. The highest BCUT2D eigenvalue weighted by molar-refractivity contribution is 5.75. The van der Waals surface area contributed by atoms with Gasteiger partial charge >= 0.3 is 5.97 Å². The van der Waals surface area contributed by atoms with Gasteiger partial charge in [0.2, 0.25) is 0 Å². The van der Waals surface area contributed by atoms with Crippen molar-refractivity contribution in [2.24, 2.45) is 0 Å². The number of ether oxygens (including phenoxy) is 1. The lowest BCUT2D eigenvalue weighted by Crippen LogP contribution is -2.27. The summed E-state index contributed by atoms with van der Waals surface area (Å²) < 4.78 is 4.82. The van der Waals surface area contributed by atoms with E-state index in [1.165, 1.54) is 0 Å². The predicted octanol–water partition coefficient (Wildman–Crippen LogP) is 0.254. The first-order valence-electron chi connectivity index (χ1n) is 3.66. The van der Waals surface area contributed by atoms with Crippen LogP contribution in [0.5, 0.6) is 0 Å². The highest BCUT2D eigenvalue weighted by Crippen LogP contribution is 2.10. The Labute approximate surface area is 61.0 Å². The summed E-state index contributed by atoms with van der Waals surface area (Å²) in [5, 5.41) is 0. The van der Waals surface area contributed by atoms with E-state index >= 15 is 0 Å². The Morgan fingerprint density at radius 3 is 2.70 bits per heavy atom. The predicted molar refractivity (Wildman–Crippen MR) is 37.7 cm³/mol. The van der Waals surface area contributed by atoms with Gasteiger partial charge in [0.1, 0.15) is 6.04 Å². The first kappa shape index (κ1) is 7.54. The van der Waals surface area contributed by atoms with Crippen LogP contribution >= 0.6 is 0 Å². The Balaban J connectivity index is 2.24. The molecule has 0 aromatic rings. The summed E-state index contributed by atoms with van der Waals surface area (Å²) in [6.07, 6.45) is 0. The van der Waals surface area contributed by atoms with Gasteiger partial charge in [-0.2, -0.15) is 0 Å². The fourth-order valence-corrected chi connectivity index (χ4v) is 0.857. The van der Waals surface area contributed by atoms with Crippen LogP contribution in [0.15, 0.2) is 0 Å². The summed E-state index contributed by atoms with van der Waals surface area (Å²) in [6.45, 7) is 6.27. The van der Waals surface area contributed by atoms with Gasteiger partial charge in [0.05, 0.1) is 6.61 Å². The second-order valence-electron chi connectivity index (χ2n) is 2.46. The average molecular weight is 143 g/mol. The van der Waals surface area contributed by atoms with E-state index in [0.717, 1.165) is 13.1 Å². The van der Waals surface area contributed by atoms with Gasteiger partial charge in [-0.05, 0) is 13.8 Å². The number of rotatable bonds is 3. The number of nitrogens with zero attached hydrogens (tertiary/aromatic N) is 1. The van der Waals surface area contributed by atoms with E-state index in [1.807, 2.05) is 13.8 Å². The van der Waals surface area contributed by atoms with E-state index in [2.05, 4.69) is 4.90 Å². The third-order valence-electron chi connectivity index (χ3n) is 1.66. The molecule has 0 amide bonds. The third kappa shape index (κ3) is 1.70. The molecule has 0 bridgehead atoms. The maximum absolute atomic E-state index is 11.0. The second kappa shape index (κ2) is 3.01. The quantitative estimate of drug-likeness (QED) is 0.419. The molecule has 1 aliphatic rings. The van der Waals surface area contributed by atoms with Gasteiger partial charge in [0.25, 0.3) is 0 Å². The van der Waals surface area contributed by atoms with Crippen molar-refractivity contribution in [3.8, 4) is 0 Å². The maximum atomic E-state index is 11.0. The number of esters is 1. The Hall–Kier alpha value is -0.570. The SMILES string of the molecule is CCOC(=O)C(C)N1CC1. The zero-order valence-corrected chi connectivity index (χ0v) is 6.46. The molecule has 1 fully saturated rings. The molecule has 0 radical (unpaired) electrons. The molecular weight excluding hydrogens is 130 g/mol. The molecule has 3 nitrogen and oxygen atoms in total. The van der Waals surface area contributed by atoms with Crippen LogP contribution < -0.4 is 0 Å². The first-order chi connectivity index (χ1) is 4.75. The molecule has 10 heavy (non-hydrogen) atoms. The lowest BCUT2D eigenvalue weighted by molar-refractivity contribution is -0.146. The fraction of sp³-hybridized carbons (Fsp3) is 0.857. The molecule has 0 aromatic heterocycles. The number of carbonyl (C=O) groups is 1. The molecule has 0 aliphatic carbocycles. The topological polar surface area (TPSA) is 29.3 Å². The minimum atomic E-state index is -0.0972. The van der Waals surface area contributed by atoms with Gasteiger partial charge in [-0.1, -0.05) is 0 Å². The van der Waals surface area contributed by atoms with Crippen molar-refractivity contribution in [1.82, 2.24) is 4.90 Å². The molecule has 3 heteroatoms. The van der Waals surface area contributed by atoms with E-state index in [-0.39, 0.29) is 12.0 Å². The molecule has 0 aromatic carbocycles. The third-order valence-corrected chi connectivity index (χ3v) is 1.66. The lowest BCUT2D eigenvalue weighted by Gasteiger charge is -2.09. The molecule has 1 saturated heterocycles. The van der Waals surface area contributed by atoms with Gasteiger partial charge in [-0.15, -0.1) is 0 Å². The van der Waals surface area contributed by atoms with Crippen molar-refractivity contribution >= 4 is 5.97 Å². The molecule has 1 atom stereocenters. The van der Waals surface area contributed by atoms with E-state index < -0.39 is 0 Å². The zero-order valence-electron chi connectivity index (χ0n) is 6.46. The van der Waals surface area contributed by atoms with E-state index in [0.29, 0.717) is 6.61 Å². The molecule has 1 heterocycles. The van der Waals surface area contributed by atoms with Gasteiger partial charge in [0, 0.05) is 13.1 Å². The number of hydrogen-bond acceptors (Lipinski definition) is 3. The fourth-order valence-electron chi connectivity index (χ4n) is 0.857. The summed E-state index contributed by atoms with van der Waals surface area (Å²) in [5.41, 5.74) is 0. The van der Waals surface area contributed by atoms with E-state index in [9.17, 15) is 4.79 Å². The van der Waals surface area contributed by atoms with Crippen LogP contribution in [0.3, 0.4) is 0 Å². The van der Waals surface area contributed by atoms with Crippen LogP contribution in [0.2, 0.25) is 0 Å². The highest BCUT2D eigenvalue weighted by atomic mass is 16.5. The van der Waals surface area contributed by atoms with Crippen LogP contribution in [-0.2, 0) is 9.53 Å². The Bertz CT molecular complexity index is 132. The molecule has 1 aliphatic heterocycles. The largest absolute Gasteiger partial charge is 0.465 e. The summed E-state index contributed by atoms with van der Waals surface area (Å²) in [6, 6.07) is -0.0278. The summed E-state index contributed by atoms with van der Waals surface area (Å²) in [7, 11) is 0. The minimum Gasteiger partial charge on any atom is -0.465 e. The van der Waals surface area contributed by atoms with Crippen LogP contribution in [-0.4, -0.2) is 36.6 Å². The van der Waals surface area contributed by atoms with Gasteiger partial charge in [0.15, 0.2) is 0 Å². The van der Waals surface area contributed by atoms with Crippen molar-refractivity contribution in [1.29, 1.82) is 0 Å². The second-order valence-corrected chi connectivity index (χ2v) is 2.46. The minimum absolute atomic E-state index is 0.0278. The van der Waals surface area contributed by atoms with Crippen molar-refractivity contribution < 1.29 is 9.53 Å². The molecule has 1 unspecified atom stereocenters. The van der Waals surface area contributed by atoms with Crippen molar-refractivity contribution in [2.45, 2.75) is 19.9 Å². The van der Waals surface area contributed by atoms with Crippen LogP contribution in [0.25, 0.3) is 0 Å². The normalized spacial score (nSPS) is 20.2. The number of carbonyl (C=O) groups excluding carboxylic acids is 1. The van der Waals surface area contributed by atoms with Gasteiger partial charge in [-0.3, -0.25) is 9.69 Å². The van der Waals surface area contributed by atoms with Crippen LogP contribution in [0.4, 0.5) is 0 Å². The molecular formula is C7H13NO2. The average Bonchev–Trinajstić information content (AvgIpc) is 2.68. The molecule has 0 spiro atoms. The van der Waals surface area contributed by atoms with Crippen molar-refractivity contribution in [3.63, 3.8) is 0 Å². The maximum Gasteiger partial charge on any atom is 0.323 e. The zero-order chi connectivity index (χ0) is 7.56. The Kier molecular flexibility index (Phi) is 2.27. The molecule has 0 N–H and O–H groups in total. The van der Waals surface area contributed by atoms with Crippen LogP contribution in [0.1, 0.15) is 13.8 Å². The summed E-state index contributed by atoms with van der Waals surface area (Å²) in [5.74, 6) is -0.0972. The van der Waals surface area contributed by atoms with Crippen molar-refractivity contribution in [3.05, 3.63) is 0 Å². The lowest BCUT2D eigenvalue weighted by atomic mass is 10.3. The van der Waals surface area contributed by atoms with Gasteiger partial charge < -0.3 is 4.74 Å². The summed E-state index contributed by atoms with van der Waals surface area (Å²) >= 11 is 0. The monoisotopic (exact) mass is 143 g/mol. The highest BCUT2D eigenvalue weighted by Gasteiger charge is 2.29. The van der Waals surface area contributed by atoms with Gasteiger partial charge in [-0.25, -0.2) is 0 Å². The smallest absolute Gasteiger partial charge is 0.323 e. The Morgan fingerprint density at radius 2 is 2.30 bits per heavy atom. The first-order valence-corrected chi connectivity index (χ1v) is 3.66. The molecule has 1 rings (SSSR count). The standard InChI is InChI=1S/C7H13NO2/c1-3-10-7(9)6(2)8-4-5-8/h6H,3-5H2,1-2H3. The summed E-state index contributed by atoms with van der Waals surface area (Å²) in [4.78, 5) is 13.0. The Morgan fingerprint density at radius 1 is 1.70 bits per heavy atom. The van der Waals surface area contributed by atoms with Crippen LogP contribution in [0, 0.1) is 0 Å². The van der Waals surface area contributed by atoms with E-state index in [1.54, 1.807) is 0 Å². The number of hydrogen-bond donors (Lipinski definition) is 0. The molecule has 58 valence electrons. The van der Waals surface area contributed by atoms with E-state index in [4.69, 9.17) is 4.74 Å².